The van der Waals surface area contributed by atoms with Crippen molar-refractivity contribution in [2.45, 2.75) is 19.9 Å². The highest BCUT2D eigenvalue weighted by Crippen LogP contribution is 2.27. The molecule has 1 atom stereocenters. The topological polar surface area (TPSA) is 58.0 Å². The van der Waals surface area contributed by atoms with Crippen molar-refractivity contribution in [1.82, 2.24) is 9.97 Å². The zero-order valence-electron chi connectivity index (χ0n) is 13.4. The molecule has 0 saturated carbocycles. The molecule has 0 aliphatic rings. The van der Waals surface area contributed by atoms with Gasteiger partial charge in [-0.15, -0.1) is 0 Å². The van der Waals surface area contributed by atoms with Gasteiger partial charge in [0.05, 0.1) is 23.9 Å². The summed E-state index contributed by atoms with van der Waals surface area (Å²) in [6, 6.07) is 18.0. The van der Waals surface area contributed by atoms with Gasteiger partial charge in [0.1, 0.15) is 0 Å². The zero-order chi connectivity index (χ0) is 16.2. The smallest absolute Gasteiger partial charge is 0.224 e. The standard InChI is InChI=1S/C19H21N3O/c1-13(2)17(12-23)21-19-20-16-11-7-6-10-15(16)18(22-19)14-8-4-3-5-9-14/h3-11,13,17,23H,12H2,1-2H3,(H,20,21,22)/t17-/m1/s1. The molecule has 0 spiro atoms. The van der Waals surface area contributed by atoms with Crippen LogP contribution in [0.2, 0.25) is 0 Å². The fourth-order valence-corrected chi connectivity index (χ4v) is 2.55. The lowest BCUT2D eigenvalue weighted by Crippen LogP contribution is -2.30. The molecule has 23 heavy (non-hydrogen) atoms. The minimum Gasteiger partial charge on any atom is -0.394 e. The fraction of sp³-hybridized carbons (Fsp3) is 0.263. The van der Waals surface area contributed by atoms with Crippen LogP contribution in [-0.4, -0.2) is 27.7 Å². The number of para-hydroxylation sites is 1. The molecule has 1 heterocycles. The van der Waals surface area contributed by atoms with E-state index < -0.39 is 0 Å². The third-order valence-corrected chi connectivity index (χ3v) is 3.97. The van der Waals surface area contributed by atoms with Crippen LogP contribution in [0.5, 0.6) is 0 Å². The SMILES string of the molecule is CC(C)[C@@H](CO)Nc1nc(-c2ccccc2)c2ccccc2n1. The van der Waals surface area contributed by atoms with Crippen LogP contribution in [0, 0.1) is 5.92 Å². The quantitative estimate of drug-likeness (QED) is 0.754. The third-order valence-electron chi connectivity index (χ3n) is 3.97. The van der Waals surface area contributed by atoms with Crippen LogP contribution in [0.25, 0.3) is 22.2 Å². The summed E-state index contributed by atoms with van der Waals surface area (Å²) in [4.78, 5) is 9.31. The van der Waals surface area contributed by atoms with E-state index in [1.54, 1.807) is 0 Å². The number of aliphatic hydroxyl groups is 1. The number of aliphatic hydroxyl groups excluding tert-OH is 1. The lowest BCUT2D eigenvalue weighted by molar-refractivity contribution is 0.248. The lowest BCUT2D eigenvalue weighted by atomic mass is 10.1. The molecule has 4 heteroatoms. The molecule has 0 unspecified atom stereocenters. The number of nitrogens with one attached hydrogen (secondary N) is 1. The Morgan fingerprint density at radius 3 is 2.35 bits per heavy atom. The molecular weight excluding hydrogens is 286 g/mol. The Morgan fingerprint density at radius 2 is 1.65 bits per heavy atom. The molecule has 2 aromatic carbocycles. The minimum absolute atomic E-state index is 0.0501. The summed E-state index contributed by atoms with van der Waals surface area (Å²) in [6.45, 7) is 4.18. The van der Waals surface area contributed by atoms with E-state index in [-0.39, 0.29) is 18.6 Å². The van der Waals surface area contributed by atoms with Gasteiger partial charge in [-0.25, -0.2) is 9.97 Å². The van der Waals surface area contributed by atoms with E-state index in [4.69, 9.17) is 4.98 Å². The number of nitrogens with zero attached hydrogens (tertiary/aromatic N) is 2. The highest BCUT2D eigenvalue weighted by atomic mass is 16.3. The maximum absolute atomic E-state index is 9.54. The Morgan fingerprint density at radius 1 is 0.957 bits per heavy atom. The van der Waals surface area contributed by atoms with Gasteiger partial charge in [-0.3, -0.25) is 0 Å². The number of benzene rings is 2. The maximum Gasteiger partial charge on any atom is 0.224 e. The van der Waals surface area contributed by atoms with Crippen LogP contribution < -0.4 is 5.32 Å². The highest BCUT2D eigenvalue weighted by Gasteiger charge is 2.15. The van der Waals surface area contributed by atoms with Gasteiger partial charge < -0.3 is 10.4 Å². The van der Waals surface area contributed by atoms with E-state index in [9.17, 15) is 5.11 Å². The maximum atomic E-state index is 9.54. The van der Waals surface area contributed by atoms with Crippen molar-refractivity contribution in [3.05, 3.63) is 54.6 Å². The predicted molar refractivity (Wildman–Crippen MR) is 94.3 cm³/mol. The molecule has 3 aromatic rings. The van der Waals surface area contributed by atoms with Crippen molar-refractivity contribution in [3.8, 4) is 11.3 Å². The molecule has 0 amide bonds. The van der Waals surface area contributed by atoms with Gasteiger partial charge in [-0.2, -0.15) is 0 Å². The largest absolute Gasteiger partial charge is 0.394 e. The van der Waals surface area contributed by atoms with E-state index >= 15 is 0 Å². The van der Waals surface area contributed by atoms with Crippen LogP contribution in [0.4, 0.5) is 5.95 Å². The van der Waals surface area contributed by atoms with Gasteiger partial charge in [-0.1, -0.05) is 62.4 Å². The molecule has 0 fully saturated rings. The monoisotopic (exact) mass is 307 g/mol. The molecule has 2 N–H and O–H groups in total. The summed E-state index contributed by atoms with van der Waals surface area (Å²) >= 11 is 0. The van der Waals surface area contributed by atoms with E-state index in [2.05, 4.69) is 24.1 Å². The zero-order valence-corrected chi connectivity index (χ0v) is 13.4. The molecule has 0 radical (unpaired) electrons. The summed E-state index contributed by atoms with van der Waals surface area (Å²) < 4.78 is 0. The van der Waals surface area contributed by atoms with Crippen LogP contribution in [0.1, 0.15) is 13.8 Å². The predicted octanol–water partition coefficient (Wildman–Crippen LogP) is 3.73. The normalized spacial score (nSPS) is 12.5. The lowest BCUT2D eigenvalue weighted by Gasteiger charge is -2.20. The van der Waals surface area contributed by atoms with Gasteiger partial charge in [0, 0.05) is 10.9 Å². The Labute approximate surface area is 136 Å². The van der Waals surface area contributed by atoms with Gasteiger partial charge in [-0.05, 0) is 12.0 Å². The Hall–Kier alpha value is -2.46. The Bertz CT molecular complexity index is 787. The number of hydrogen-bond acceptors (Lipinski definition) is 4. The second-order valence-electron chi connectivity index (χ2n) is 5.96. The van der Waals surface area contributed by atoms with Crippen molar-refractivity contribution < 1.29 is 5.11 Å². The minimum atomic E-state index is -0.0696. The molecular formula is C19H21N3O. The average molecular weight is 307 g/mol. The van der Waals surface area contributed by atoms with Gasteiger partial charge in [0.25, 0.3) is 0 Å². The van der Waals surface area contributed by atoms with Crippen molar-refractivity contribution in [3.63, 3.8) is 0 Å². The van der Waals surface area contributed by atoms with Gasteiger partial charge in [0.2, 0.25) is 5.95 Å². The average Bonchev–Trinajstić information content (AvgIpc) is 2.59. The van der Waals surface area contributed by atoms with Crippen molar-refractivity contribution in [2.24, 2.45) is 5.92 Å². The molecule has 4 nitrogen and oxygen atoms in total. The first-order valence-corrected chi connectivity index (χ1v) is 7.88. The van der Waals surface area contributed by atoms with Crippen LogP contribution in [-0.2, 0) is 0 Å². The second-order valence-corrected chi connectivity index (χ2v) is 5.96. The Kier molecular flexibility index (Phi) is 4.53. The number of anilines is 1. The van der Waals surface area contributed by atoms with Crippen molar-refractivity contribution >= 4 is 16.9 Å². The molecule has 3 rings (SSSR count). The number of hydrogen-bond donors (Lipinski definition) is 2. The van der Waals surface area contributed by atoms with Crippen LogP contribution in [0.15, 0.2) is 54.6 Å². The number of aromatic nitrogens is 2. The van der Waals surface area contributed by atoms with Gasteiger partial charge in [0.15, 0.2) is 0 Å². The van der Waals surface area contributed by atoms with Crippen LogP contribution in [0.3, 0.4) is 0 Å². The molecule has 0 bridgehead atoms. The summed E-state index contributed by atoms with van der Waals surface area (Å²) in [5.74, 6) is 0.838. The summed E-state index contributed by atoms with van der Waals surface area (Å²) in [5.41, 5.74) is 2.85. The Balaban J connectivity index is 2.11. The van der Waals surface area contributed by atoms with Crippen LogP contribution >= 0.6 is 0 Å². The molecule has 118 valence electrons. The van der Waals surface area contributed by atoms with E-state index in [0.29, 0.717) is 5.95 Å². The highest BCUT2D eigenvalue weighted by molar-refractivity contribution is 5.93. The molecule has 0 aliphatic heterocycles. The van der Waals surface area contributed by atoms with Crippen molar-refractivity contribution in [2.75, 3.05) is 11.9 Å². The molecule has 0 aliphatic carbocycles. The number of fused-ring (bicyclic) bond motifs is 1. The van der Waals surface area contributed by atoms with E-state index in [1.165, 1.54) is 0 Å². The van der Waals surface area contributed by atoms with Crippen molar-refractivity contribution in [1.29, 1.82) is 0 Å². The first kappa shape index (κ1) is 15.4. The number of rotatable bonds is 5. The van der Waals surface area contributed by atoms with E-state index in [1.807, 2.05) is 54.6 Å². The molecule has 0 saturated heterocycles. The first-order valence-electron chi connectivity index (χ1n) is 7.88. The van der Waals surface area contributed by atoms with Gasteiger partial charge >= 0.3 is 0 Å². The molecule has 1 aromatic heterocycles. The first-order chi connectivity index (χ1) is 11.2. The summed E-state index contributed by atoms with van der Waals surface area (Å²) in [5, 5.41) is 13.8. The van der Waals surface area contributed by atoms with E-state index in [0.717, 1.165) is 22.2 Å². The fourth-order valence-electron chi connectivity index (χ4n) is 2.55. The summed E-state index contributed by atoms with van der Waals surface area (Å²) in [6.07, 6.45) is 0. The summed E-state index contributed by atoms with van der Waals surface area (Å²) in [7, 11) is 0. The second kappa shape index (κ2) is 6.75. The third kappa shape index (κ3) is 3.32.